The molecule has 1 aliphatic rings. The van der Waals surface area contributed by atoms with Crippen LogP contribution >= 0.6 is 11.8 Å². The maximum atomic E-state index is 13.1. The second-order valence-electron chi connectivity index (χ2n) is 6.80. The van der Waals surface area contributed by atoms with E-state index in [1.54, 1.807) is 21.3 Å². The summed E-state index contributed by atoms with van der Waals surface area (Å²) in [5.41, 5.74) is 2.82. The van der Waals surface area contributed by atoms with Crippen LogP contribution in [0.15, 0.2) is 34.2 Å². The molecule has 156 valence electrons. The molecule has 1 aromatic heterocycles. The maximum Gasteiger partial charge on any atom is 0.243 e. The molecule has 3 rings (SSSR count). The normalized spacial score (nSPS) is 16.2. The Hall–Kier alpha value is -2.17. The largest absolute Gasteiger partial charge is 0.305 e. The fourth-order valence-corrected chi connectivity index (χ4v) is 5.22. The Bertz CT molecular complexity index is 1060. The molecule has 0 aliphatic carbocycles. The van der Waals surface area contributed by atoms with Crippen molar-refractivity contribution in [1.82, 2.24) is 19.0 Å². The zero-order valence-corrected chi connectivity index (χ0v) is 18.3. The third-order valence-electron chi connectivity index (χ3n) is 4.84. The molecule has 0 unspecified atom stereocenters. The van der Waals surface area contributed by atoms with E-state index in [2.05, 4.69) is 5.10 Å². The van der Waals surface area contributed by atoms with Crippen LogP contribution in [0.3, 0.4) is 0 Å². The van der Waals surface area contributed by atoms with Crippen LogP contribution in [0.5, 0.6) is 0 Å². The van der Waals surface area contributed by atoms with Gasteiger partial charge in [0, 0.05) is 37.7 Å². The summed E-state index contributed by atoms with van der Waals surface area (Å²) in [4.78, 5) is 14.4. The third-order valence-corrected chi connectivity index (χ3v) is 7.68. The first kappa shape index (κ1) is 21.5. The number of carbonyl (C=O) groups is 1. The van der Waals surface area contributed by atoms with Crippen LogP contribution in [0.25, 0.3) is 6.08 Å². The SMILES string of the molecule is Cc1nn(C)c(C)c1/C=C1/SCCN1C(=O)CN(C)S(=O)(=O)c1ccc(F)cc1. The number of aryl methyl sites for hydroxylation is 2. The molecule has 1 fully saturated rings. The third kappa shape index (κ3) is 4.39. The van der Waals surface area contributed by atoms with Crippen molar-refractivity contribution >= 4 is 33.8 Å². The zero-order chi connectivity index (χ0) is 21.3. The molecule has 1 amide bonds. The number of halogens is 1. The van der Waals surface area contributed by atoms with Gasteiger partial charge in [-0.3, -0.25) is 9.48 Å². The molecular formula is C19H23FN4O3S2. The lowest BCUT2D eigenvalue weighted by molar-refractivity contribution is -0.128. The summed E-state index contributed by atoms with van der Waals surface area (Å²) in [5, 5.41) is 5.17. The number of benzene rings is 1. The van der Waals surface area contributed by atoms with E-state index in [1.165, 1.54) is 19.2 Å². The highest BCUT2D eigenvalue weighted by molar-refractivity contribution is 8.03. The first-order valence-electron chi connectivity index (χ1n) is 8.98. The lowest BCUT2D eigenvalue weighted by Gasteiger charge is -2.22. The summed E-state index contributed by atoms with van der Waals surface area (Å²) in [6.07, 6.45) is 1.93. The summed E-state index contributed by atoms with van der Waals surface area (Å²) in [6, 6.07) is 4.55. The molecule has 2 aromatic rings. The summed E-state index contributed by atoms with van der Waals surface area (Å²) in [6.45, 7) is 4.08. The Balaban J connectivity index is 1.79. The molecule has 10 heteroatoms. The van der Waals surface area contributed by atoms with Gasteiger partial charge in [-0.1, -0.05) is 0 Å². The second-order valence-corrected chi connectivity index (χ2v) is 9.96. The van der Waals surface area contributed by atoms with Gasteiger partial charge in [-0.05, 0) is 44.2 Å². The van der Waals surface area contributed by atoms with Crippen LogP contribution in [0.2, 0.25) is 0 Å². The highest BCUT2D eigenvalue weighted by Gasteiger charge is 2.29. The van der Waals surface area contributed by atoms with E-state index >= 15 is 0 Å². The minimum absolute atomic E-state index is 0.0534. The van der Waals surface area contributed by atoms with E-state index in [9.17, 15) is 17.6 Å². The predicted molar refractivity (Wildman–Crippen MR) is 111 cm³/mol. The second kappa shape index (κ2) is 8.29. The average molecular weight is 439 g/mol. The minimum Gasteiger partial charge on any atom is -0.305 e. The Morgan fingerprint density at radius 1 is 1.31 bits per heavy atom. The van der Waals surface area contributed by atoms with Gasteiger partial charge in [-0.25, -0.2) is 12.8 Å². The number of aromatic nitrogens is 2. The van der Waals surface area contributed by atoms with Gasteiger partial charge >= 0.3 is 0 Å². The van der Waals surface area contributed by atoms with Crippen LogP contribution in [-0.2, 0) is 21.9 Å². The molecule has 1 aromatic carbocycles. The number of hydrogen-bond donors (Lipinski definition) is 0. The molecule has 0 spiro atoms. The number of nitrogens with zero attached hydrogens (tertiary/aromatic N) is 4. The number of thioether (sulfide) groups is 1. The van der Waals surface area contributed by atoms with Crippen molar-refractivity contribution in [2.24, 2.45) is 7.05 Å². The van der Waals surface area contributed by atoms with Gasteiger partial charge < -0.3 is 4.90 Å². The number of rotatable bonds is 5. The summed E-state index contributed by atoms with van der Waals surface area (Å²) < 4.78 is 41.2. The topological polar surface area (TPSA) is 75.5 Å². The quantitative estimate of drug-likeness (QED) is 0.717. The summed E-state index contributed by atoms with van der Waals surface area (Å²) >= 11 is 1.55. The standard InChI is InChI=1S/C19H23FN4O3S2/c1-13-17(14(2)23(4)21-13)11-19-24(9-10-28-19)18(25)12-22(3)29(26,27)16-7-5-15(20)6-8-16/h5-8,11H,9-10,12H2,1-4H3/b19-11+. The molecule has 29 heavy (non-hydrogen) atoms. The van der Waals surface area contributed by atoms with Gasteiger partial charge in [0.1, 0.15) is 5.82 Å². The molecule has 1 aliphatic heterocycles. The van der Waals surface area contributed by atoms with Crippen LogP contribution < -0.4 is 0 Å². The predicted octanol–water partition coefficient (Wildman–Crippen LogP) is 2.37. The van der Waals surface area contributed by atoms with Gasteiger partial charge in [0.2, 0.25) is 15.9 Å². The van der Waals surface area contributed by atoms with Crippen molar-refractivity contribution in [3.63, 3.8) is 0 Å². The number of amides is 1. The Labute approximate surface area is 174 Å². The fourth-order valence-electron chi connectivity index (χ4n) is 3.07. The van der Waals surface area contributed by atoms with Gasteiger partial charge in [-0.15, -0.1) is 11.8 Å². The van der Waals surface area contributed by atoms with E-state index in [-0.39, 0.29) is 17.3 Å². The van der Waals surface area contributed by atoms with Crippen LogP contribution in [0, 0.1) is 19.7 Å². The first-order valence-corrected chi connectivity index (χ1v) is 11.4. The lowest BCUT2D eigenvalue weighted by atomic mass is 10.2. The number of sulfonamides is 1. The number of hydrogen-bond acceptors (Lipinski definition) is 5. The van der Waals surface area contributed by atoms with E-state index < -0.39 is 15.8 Å². The van der Waals surface area contributed by atoms with Crippen molar-refractivity contribution in [3.8, 4) is 0 Å². The molecule has 7 nitrogen and oxygen atoms in total. The molecule has 0 N–H and O–H groups in total. The van der Waals surface area contributed by atoms with Gasteiger partial charge in [0.25, 0.3) is 0 Å². The minimum atomic E-state index is -3.89. The maximum absolute atomic E-state index is 13.1. The highest BCUT2D eigenvalue weighted by Crippen LogP contribution is 2.31. The molecule has 0 atom stereocenters. The Kier molecular flexibility index (Phi) is 6.16. The summed E-state index contributed by atoms with van der Waals surface area (Å²) in [5.74, 6) is -0.0918. The van der Waals surface area contributed by atoms with Crippen molar-refractivity contribution < 1.29 is 17.6 Å². The average Bonchev–Trinajstić information content (AvgIpc) is 3.22. The van der Waals surface area contributed by atoms with E-state index in [1.807, 2.05) is 27.0 Å². The zero-order valence-electron chi connectivity index (χ0n) is 16.7. The van der Waals surface area contributed by atoms with Crippen molar-refractivity contribution in [2.75, 3.05) is 25.9 Å². The molecule has 2 heterocycles. The van der Waals surface area contributed by atoms with E-state index in [4.69, 9.17) is 0 Å². The van der Waals surface area contributed by atoms with Crippen molar-refractivity contribution in [3.05, 3.63) is 52.1 Å². The molecule has 1 saturated heterocycles. The van der Waals surface area contributed by atoms with Gasteiger partial charge in [-0.2, -0.15) is 9.40 Å². The highest BCUT2D eigenvalue weighted by atomic mass is 32.2. The molecule has 0 radical (unpaired) electrons. The van der Waals surface area contributed by atoms with Gasteiger partial charge in [0.05, 0.1) is 22.2 Å². The molecule has 0 saturated carbocycles. The van der Waals surface area contributed by atoms with Crippen LogP contribution in [0.4, 0.5) is 4.39 Å². The monoisotopic (exact) mass is 438 g/mol. The molecule has 0 bridgehead atoms. The van der Waals surface area contributed by atoms with Crippen molar-refractivity contribution in [2.45, 2.75) is 18.7 Å². The van der Waals surface area contributed by atoms with E-state index in [0.717, 1.165) is 44.2 Å². The van der Waals surface area contributed by atoms with Crippen LogP contribution in [0.1, 0.15) is 17.0 Å². The van der Waals surface area contributed by atoms with Crippen molar-refractivity contribution in [1.29, 1.82) is 0 Å². The smallest absolute Gasteiger partial charge is 0.243 e. The fraction of sp³-hybridized carbons (Fsp3) is 0.368. The summed E-state index contributed by atoms with van der Waals surface area (Å²) in [7, 11) is -0.676. The van der Waals surface area contributed by atoms with Gasteiger partial charge in [0.15, 0.2) is 0 Å². The molecular weight excluding hydrogens is 415 g/mol. The lowest BCUT2D eigenvalue weighted by Crippen LogP contribution is -2.39. The Morgan fingerprint density at radius 3 is 2.55 bits per heavy atom. The Morgan fingerprint density at radius 2 is 1.97 bits per heavy atom. The van der Waals surface area contributed by atoms with E-state index in [0.29, 0.717) is 6.54 Å². The first-order chi connectivity index (χ1) is 13.6. The van der Waals surface area contributed by atoms with Crippen LogP contribution in [-0.4, -0.2) is 59.2 Å². The number of likely N-dealkylation sites (N-methyl/N-ethyl adjacent to an activating group) is 1. The number of carbonyl (C=O) groups excluding carboxylic acids is 1.